The van der Waals surface area contributed by atoms with E-state index in [-0.39, 0.29) is 22.6 Å². The number of carbonyl (C=O) groups excluding carboxylic acids is 1. The van der Waals surface area contributed by atoms with Crippen LogP contribution in [-0.4, -0.2) is 58.2 Å². The third-order valence-electron chi connectivity index (χ3n) is 5.57. The van der Waals surface area contributed by atoms with E-state index < -0.39 is 9.84 Å². The van der Waals surface area contributed by atoms with E-state index in [1.165, 1.54) is 23.3 Å². The summed E-state index contributed by atoms with van der Waals surface area (Å²) in [5, 5.41) is 4.19. The van der Waals surface area contributed by atoms with Crippen molar-refractivity contribution in [2.45, 2.75) is 36.5 Å². The minimum absolute atomic E-state index is 0.0389. The highest BCUT2D eigenvalue weighted by atomic mass is 32.2. The van der Waals surface area contributed by atoms with Crippen LogP contribution >= 0.6 is 0 Å². The summed E-state index contributed by atoms with van der Waals surface area (Å²) in [4.78, 5) is 23.2. The fourth-order valence-corrected chi connectivity index (χ4v) is 4.85. The van der Waals surface area contributed by atoms with Gasteiger partial charge in [-0.25, -0.2) is 13.4 Å². The maximum Gasteiger partial charge on any atom is 0.252 e. The lowest BCUT2D eigenvalue weighted by atomic mass is 9.91. The Kier molecular flexibility index (Phi) is 5.08. The zero-order valence-corrected chi connectivity index (χ0v) is 17.2. The van der Waals surface area contributed by atoms with Crippen LogP contribution in [0.25, 0.3) is 5.78 Å². The number of amides is 1. The average Bonchev–Trinajstić information content (AvgIpc) is 3.21. The molecule has 29 heavy (non-hydrogen) atoms. The number of nitrogens with zero attached hydrogens (tertiary/aromatic N) is 5. The highest BCUT2D eigenvalue weighted by molar-refractivity contribution is 7.90. The second-order valence-corrected chi connectivity index (χ2v) is 9.47. The third-order valence-corrected chi connectivity index (χ3v) is 6.68. The Morgan fingerprint density at radius 2 is 1.83 bits per heavy atom. The van der Waals surface area contributed by atoms with Gasteiger partial charge < -0.3 is 4.90 Å². The largest absolute Gasteiger partial charge is 0.342 e. The summed E-state index contributed by atoms with van der Waals surface area (Å²) in [5.41, 5.74) is 1.61. The van der Waals surface area contributed by atoms with Crippen molar-refractivity contribution in [1.82, 2.24) is 24.5 Å². The molecule has 1 amide bonds. The number of benzene rings is 1. The number of aromatic nitrogens is 4. The molecule has 152 valence electrons. The molecule has 1 saturated heterocycles. The third kappa shape index (κ3) is 3.74. The number of hydrogen-bond donors (Lipinski definition) is 0. The molecule has 3 heterocycles. The number of rotatable bonds is 4. The molecule has 0 unspecified atom stereocenters. The molecule has 8 nitrogen and oxygen atoms in total. The normalized spacial score (nSPS) is 16.8. The van der Waals surface area contributed by atoms with E-state index in [2.05, 4.69) is 15.1 Å². The average molecular weight is 414 g/mol. The van der Waals surface area contributed by atoms with Crippen molar-refractivity contribution >= 4 is 21.5 Å². The predicted molar refractivity (Wildman–Crippen MR) is 107 cm³/mol. The van der Waals surface area contributed by atoms with Gasteiger partial charge in [-0.3, -0.25) is 4.79 Å². The van der Waals surface area contributed by atoms with Gasteiger partial charge in [-0.2, -0.15) is 14.6 Å². The molecule has 0 radical (unpaired) electrons. The fourth-order valence-electron chi connectivity index (χ4n) is 3.97. The molecule has 3 aromatic rings. The lowest BCUT2D eigenvalue weighted by molar-refractivity contribution is -0.133. The van der Waals surface area contributed by atoms with E-state index in [9.17, 15) is 13.2 Å². The van der Waals surface area contributed by atoms with Crippen LogP contribution in [0.2, 0.25) is 0 Å². The SMILES string of the molecule is C[C@H](C(=O)N1CCC(c2c(S(C)(=O)=O)cnc3ncnn23)CC1)c1ccccc1. The maximum absolute atomic E-state index is 12.9. The Balaban J connectivity index is 1.56. The molecular formula is C20H23N5O3S. The molecule has 1 aromatic carbocycles. The first kappa shape index (κ1) is 19.5. The lowest BCUT2D eigenvalue weighted by Gasteiger charge is -2.34. The van der Waals surface area contributed by atoms with Crippen LogP contribution in [0.4, 0.5) is 0 Å². The highest BCUT2D eigenvalue weighted by Gasteiger charge is 2.31. The van der Waals surface area contributed by atoms with Gasteiger partial charge >= 0.3 is 0 Å². The molecule has 0 saturated carbocycles. The van der Waals surface area contributed by atoms with E-state index in [1.807, 2.05) is 42.2 Å². The second kappa shape index (κ2) is 7.55. The maximum atomic E-state index is 12.9. The number of sulfone groups is 1. The monoisotopic (exact) mass is 413 g/mol. The number of fused-ring (bicyclic) bond motifs is 1. The molecule has 1 atom stereocenters. The van der Waals surface area contributed by atoms with Gasteiger partial charge in [-0.1, -0.05) is 30.3 Å². The van der Waals surface area contributed by atoms with Crippen LogP contribution in [0.3, 0.4) is 0 Å². The van der Waals surface area contributed by atoms with E-state index in [4.69, 9.17) is 0 Å². The number of likely N-dealkylation sites (tertiary alicyclic amines) is 1. The molecule has 4 rings (SSSR count). The van der Waals surface area contributed by atoms with Crippen LogP contribution in [0.1, 0.15) is 42.9 Å². The second-order valence-electron chi connectivity index (χ2n) is 7.48. The summed E-state index contributed by atoms with van der Waals surface area (Å²) in [6.45, 7) is 3.07. The van der Waals surface area contributed by atoms with Gasteiger partial charge in [0.2, 0.25) is 5.91 Å². The minimum Gasteiger partial charge on any atom is -0.342 e. The Morgan fingerprint density at radius 3 is 2.48 bits per heavy atom. The van der Waals surface area contributed by atoms with Crippen molar-refractivity contribution in [2.24, 2.45) is 0 Å². The molecule has 0 spiro atoms. The van der Waals surface area contributed by atoms with Gasteiger partial charge in [0.25, 0.3) is 5.78 Å². The molecule has 0 N–H and O–H groups in total. The van der Waals surface area contributed by atoms with Crippen LogP contribution in [0.5, 0.6) is 0 Å². The van der Waals surface area contributed by atoms with Gasteiger partial charge in [-0.15, -0.1) is 0 Å². The van der Waals surface area contributed by atoms with Crippen molar-refractivity contribution < 1.29 is 13.2 Å². The Morgan fingerprint density at radius 1 is 1.14 bits per heavy atom. The number of hydrogen-bond acceptors (Lipinski definition) is 6. The molecule has 0 bridgehead atoms. The summed E-state index contributed by atoms with van der Waals surface area (Å²) in [6.07, 6.45) is 5.24. The van der Waals surface area contributed by atoms with Crippen LogP contribution in [0, 0.1) is 0 Å². The van der Waals surface area contributed by atoms with E-state index >= 15 is 0 Å². The highest BCUT2D eigenvalue weighted by Crippen LogP contribution is 2.33. The zero-order valence-electron chi connectivity index (χ0n) is 16.4. The standard InChI is InChI=1S/C20H23N5O3S/c1-14(15-6-4-3-5-7-15)19(26)24-10-8-16(9-11-24)18-17(29(2,27)28)12-21-20-22-13-23-25(18)20/h3-7,12-14,16H,8-11H2,1-2H3/t14-/m0/s1. The van der Waals surface area contributed by atoms with Crippen molar-refractivity contribution in [2.75, 3.05) is 19.3 Å². The van der Waals surface area contributed by atoms with Crippen LogP contribution in [0.15, 0.2) is 47.8 Å². The van der Waals surface area contributed by atoms with Crippen molar-refractivity contribution in [3.8, 4) is 0 Å². The van der Waals surface area contributed by atoms with Crippen molar-refractivity contribution in [3.05, 3.63) is 54.1 Å². The summed E-state index contributed by atoms with van der Waals surface area (Å²) < 4.78 is 26.1. The molecule has 1 fully saturated rings. The molecule has 9 heteroatoms. The van der Waals surface area contributed by atoms with Gasteiger partial charge in [0.05, 0.1) is 17.8 Å². The first-order valence-electron chi connectivity index (χ1n) is 9.58. The lowest BCUT2D eigenvalue weighted by Crippen LogP contribution is -2.40. The number of carbonyl (C=O) groups is 1. The molecule has 1 aliphatic rings. The summed E-state index contributed by atoms with van der Waals surface area (Å²) in [5.74, 6) is 0.229. The number of piperidine rings is 1. The van der Waals surface area contributed by atoms with Crippen LogP contribution < -0.4 is 0 Å². The van der Waals surface area contributed by atoms with E-state index in [1.54, 1.807) is 0 Å². The van der Waals surface area contributed by atoms with E-state index in [0.29, 0.717) is 37.4 Å². The smallest absolute Gasteiger partial charge is 0.252 e. The van der Waals surface area contributed by atoms with Crippen LogP contribution in [-0.2, 0) is 14.6 Å². The van der Waals surface area contributed by atoms with Gasteiger partial charge in [0.15, 0.2) is 9.84 Å². The molecular weight excluding hydrogens is 390 g/mol. The summed E-state index contributed by atoms with van der Waals surface area (Å²) in [6, 6.07) is 9.74. The summed E-state index contributed by atoms with van der Waals surface area (Å²) >= 11 is 0. The quantitative estimate of drug-likeness (QED) is 0.649. The first-order chi connectivity index (χ1) is 13.9. The molecule has 1 aliphatic heterocycles. The Hall–Kier alpha value is -2.81. The predicted octanol–water partition coefficient (Wildman–Crippen LogP) is 2.04. The van der Waals surface area contributed by atoms with Gasteiger partial charge in [0.1, 0.15) is 11.2 Å². The van der Waals surface area contributed by atoms with Crippen molar-refractivity contribution in [1.29, 1.82) is 0 Å². The fraction of sp³-hybridized carbons (Fsp3) is 0.400. The zero-order chi connectivity index (χ0) is 20.6. The first-order valence-corrected chi connectivity index (χ1v) is 11.5. The molecule has 2 aromatic heterocycles. The minimum atomic E-state index is -3.46. The Bertz CT molecular complexity index is 1140. The van der Waals surface area contributed by atoms with Gasteiger partial charge in [0, 0.05) is 25.3 Å². The topological polar surface area (TPSA) is 97.5 Å². The van der Waals surface area contributed by atoms with Gasteiger partial charge in [-0.05, 0) is 25.3 Å². The van der Waals surface area contributed by atoms with Crippen molar-refractivity contribution in [3.63, 3.8) is 0 Å². The summed E-state index contributed by atoms with van der Waals surface area (Å²) in [7, 11) is -3.46. The Labute approximate surface area is 169 Å². The molecule has 0 aliphatic carbocycles. The van der Waals surface area contributed by atoms with E-state index in [0.717, 1.165) is 5.56 Å².